The zero-order valence-electron chi connectivity index (χ0n) is 14.2. The third-order valence-corrected chi connectivity index (χ3v) is 6.32. The molecule has 0 bridgehead atoms. The first kappa shape index (κ1) is 17.6. The van der Waals surface area contributed by atoms with E-state index < -0.39 is 10.0 Å². The lowest BCUT2D eigenvalue weighted by Crippen LogP contribution is -2.32. The zero-order valence-corrected chi connectivity index (χ0v) is 15.8. The Balaban J connectivity index is 1.56. The summed E-state index contributed by atoms with van der Waals surface area (Å²) in [4.78, 5) is 0. The van der Waals surface area contributed by atoms with Gasteiger partial charge in [-0.25, -0.2) is 13.1 Å². The highest BCUT2D eigenvalue weighted by atomic mass is 35.5. The zero-order chi connectivity index (χ0) is 18.1. The summed E-state index contributed by atoms with van der Waals surface area (Å²) in [5.74, 6) is 1.37. The van der Waals surface area contributed by atoms with Crippen LogP contribution in [0, 0.1) is 0 Å². The van der Waals surface area contributed by atoms with E-state index in [2.05, 4.69) is 4.72 Å². The van der Waals surface area contributed by atoms with E-state index in [1.807, 2.05) is 12.1 Å². The normalized spacial score (nSPS) is 19.0. The monoisotopic (exact) mass is 393 g/mol. The molecule has 26 heavy (non-hydrogen) atoms. The lowest BCUT2D eigenvalue weighted by atomic mass is 9.88. The first-order chi connectivity index (χ1) is 12.5. The lowest BCUT2D eigenvalue weighted by molar-refractivity contribution is 0.171. The van der Waals surface area contributed by atoms with Crippen LogP contribution in [-0.2, 0) is 22.2 Å². The van der Waals surface area contributed by atoms with Crippen LogP contribution in [0.2, 0.25) is 5.02 Å². The second-order valence-corrected chi connectivity index (χ2v) is 8.83. The van der Waals surface area contributed by atoms with Gasteiger partial charge in [0.2, 0.25) is 10.0 Å². The summed E-state index contributed by atoms with van der Waals surface area (Å²) in [6.45, 7) is 1.06. The third-order valence-electron chi connectivity index (χ3n) is 4.71. The minimum Gasteiger partial charge on any atom is -0.486 e. The van der Waals surface area contributed by atoms with Gasteiger partial charge < -0.3 is 9.47 Å². The van der Waals surface area contributed by atoms with E-state index in [4.69, 9.17) is 21.1 Å². The van der Waals surface area contributed by atoms with Gasteiger partial charge in [0.05, 0.1) is 5.75 Å². The molecule has 0 spiro atoms. The standard InChI is InChI=1S/C19H20ClNO4S/c20-15-6-4-13(5-7-15)12-26(22,23)21-17-3-1-2-14-10-18-19(11-16(14)17)25-9-8-24-18/h4-7,10-11,17,21H,1-3,8-9,12H2. The maximum Gasteiger partial charge on any atom is 0.216 e. The predicted molar refractivity (Wildman–Crippen MR) is 100 cm³/mol. The first-order valence-electron chi connectivity index (χ1n) is 8.67. The molecular formula is C19H20ClNO4S. The van der Waals surface area contributed by atoms with E-state index in [9.17, 15) is 8.42 Å². The smallest absolute Gasteiger partial charge is 0.216 e. The summed E-state index contributed by atoms with van der Waals surface area (Å²) >= 11 is 5.87. The number of fused-ring (bicyclic) bond motifs is 2. The van der Waals surface area contributed by atoms with E-state index in [1.54, 1.807) is 24.3 Å². The van der Waals surface area contributed by atoms with Crippen LogP contribution in [0.15, 0.2) is 36.4 Å². The molecule has 1 aliphatic carbocycles. The Morgan fingerprint density at radius 1 is 1.08 bits per heavy atom. The number of benzene rings is 2. The molecule has 1 unspecified atom stereocenters. The van der Waals surface area contributed by atoms with Crippen LogP contribution in [0.5, 0.6) is 11.5 Å². The predicted octanol–water partition coefficient (Wildman–Crippen LogP) is 3.61. The number of hydrogen-bond donors (Lipinski definition) is 1. The molecule has 1 aliphatic heterocycles. The van der Waals surface area contributed by atoms with Gasteiger partial charge >= 0.3 is 0 Å². The molecule has 5 nitrogen and oxygen atoms in total. The van der Waals surface area contributed by atoms with E-state index in [-0.39, 0.29) is 11.8 Å². The number of aryl methyl sites for hydroxylation is 1. The molecule has 0 aromatic heterocycles. The van der Waals surface area contributed by atoms with Crippen molar-refractivity contribution in [1.29, 1.82) is 0 Å². The molecule has 0 saturated heterocycles. The number of nitrogens with one attached hydrogen (secondary N) is 1. The molecule has 1 N–H and O–H groups in total. The van der Waals surface area contributed by atoms with Gasteiger partial charge in [-0.15, -0.1) is 0 Å². The van der Waals surface area contributed by atoms with Crippen LogP contribution in [0.3, 0.4) is 0 Å². The van der Waals surface area contributed by atoms with Gasteiger partial charge in [0.15, 0.2) is 11.5 Å². The van der Waals surface area contributed by atoms with Crippen molar-refractivity contribution < 1.29 is 17.9 Å². The van der Waals surface area contributed by atoms with Crippen molar-refractivity contribution in [2.75, 3.05) is 13.2 Å². The molecule has 4 rings (SSSR count). The molecule has 2 aromatic rings. The van der Waals surface area contributed by atoms with Crippen molar-refractivity contribution in [3.63, 3.8) is 0 Å². The molecule has 1 heterocycles. The number of halogens is 1. The van der Waals surface area contributed by atoms with Gasteiger partial charge in [0.1, 0.15) is 13.2 Å². The maximum atomic E-state index is 12.7. The summed E-state index contributed by atoms with van der Waals surface area (Å²) in [7, 11) is -3.48. The van der Waals surface area contributed by atoms with Crippen LogP contribution < -0.4 is 14.2 Å². The fraction of sp³-hybridized carbons (Fsp3) is 0.368. The van der Waals surface area contributed by atoms with Crippen LogP contribution >= 0.6 is 11.6 Å². The average Bonchev–Trinajstić information content (AvgIpc) is 2.62. The summed E-state index contributed by atoms with van der Waals surface area (Å²) < 4.78 is 39.5. The molecule has 0 saturated carbocycles. The van der Waals surface area contributed by atoms with Gasteiger partial charge in [0.25, 0.3) is 0 Å². The SMILES string of the molecule is O=S(=O)(Cc1ccc(Cl)cc1)NC1CCCc2cc3c(cc21)OCCO3. The topological polar surface area (TPSA) is 64.6 Å². The van der Waals surface area contributed by atoms with Gasteiger partial charge in [-0.2, -0.15) is 0 Å². The van der Waals surface area contributed by atoms with E-state index >= 15 is 0 Å². The minimum absolute atomic E-state index is 0.0689. The number of ether oxygens (including phenoxy) is 2. The van der Waals surface area contributed by atoms with E-state index in [0.29, 0.717) is 29.5 Å². The Kier molecular flexibility index (Phi) is 4.82. The third kappa shape index (κ3) is 3.82. The van der Waals surface area contributed by atoms with Crippen molar-refractivity contribution in [1.82, 2.24) is 4.72 Å². The number of sulfonamides is 1. The molecule has 0 fully saturated rings. The second kappa shape index (κ2) is 7.10. The summed E-state index contributed by atoms with van der Waals surface area (Å²) in [5, 5.41) is 0.590. The molecule has 0 amide bonds. The van der Waals surface area contributed by atoms with Crippen molar-refractivity contribution in [3.8, 4) is 11.5 Å². The van der Waals surface area contributed by atoms with Gasteiger partial charge in [-0.3, -0.25) is 0 Å². The van der Waals surface area contributed by atoms with Crippen LogP contribution in [-0.4, -0.2) is 21.6 Å². The van der Waals surface area contributed by atoms with E-state index in [0.717, 1.165) is 36.1 Å². The summed E-state index contributed by atoms with van der Waals surface area (Å²) in [6, 6.07) is 10.5. The summed E-state index contributed by atoms with van der Waals surface area (Å²) in [6.07, 6.45) is 2.62. The van der Waals surface area contributed by atoms with Gasteiger partial charge in [-0.05, 0) is 60.2 Å². The van der Waals surface area contributed by atoms with E-state index in [1.165, 1.54) is 0 Å². The molecule has 0 radical (unpaired) electrons. The quantitative estimate of drug-likeness (QED) is 0.861. The molecular weight excluding hydrogens is 374 g/mol. The summed E-state index contributed by atoms with van der Waals surface area (Å²) in [5.41, 5.74) is 2.82. The minimum atomic E-state index is -3.48. The Hall–Kier alpha value is -1.76. The van der Waals surface area contributed by atoms with Gasteiger partial charge in [-0.1, -0.05) is 23.7 Å². The van der Waals surface area contributed by atoms with Gasteiger partial charge in [0, 0.05) is 11.1 Å². The van der Waals surface area contributed by atoms with Crippen LogP contribution in [0.1, 0.15) is 35.6 Å². The Labute approximate surface area is 158 Å². The van der Waals surface area contributed by atoms with Crippen LogP contribution in [0.4, 0.5) is 0 Å². The molecule has 7 heteroatoms. The van der Waals surface area contributed by atoms with Crippen molar-refractivity contribution in [2.45, 2.75) is 31.1 Å². The van der Waals surface area contributed by atoms with Crippen LogP contribution in [0.25, 0.3) is 0 Å². The number of hydrogen-bond acceptors (Lipinski definition) is 4. The van der Waals surface area contributed by atoms with Crippen molar-refractivity contribution in [3.05, 3.63) is 58.1 Å². The van der Waals surface area contributed by atoms with Crippen molar-refractivity contribution in [2.24, 2.45) is 0 Å². The lowest BCUT2D eigenvalue weighted by Gasteiger charge is -2.29. The Morgan fingerprint density at radius 2 is 1.77 bits per heavy atom. The Bertz CT molecular complexity index is 912. The molecule has 138 valence electrons. The molecule has 2 aliphatic rings. The Morgan fingerprint density at radius 3 is 2.50 bits per heavy atom. The largest absolute Gasteiger partial charge is 0.486 e. The fourth-order valence-corrected chi connectivity index (χ4v) is 5.04. The van der Waals surface area contributed by atoms with Crippen molar-refractivity contribution >= 4 is 21.6 Å². The highest BCUT2D eigenvalue weighted by Crippen LogP contribution is 2.39. The fourth-order valence-electron chi connectivity index (χ4n) is 3.52. The maximum absolute atomic E-state index is 12.7. The second-order valence-electron chi connectivity index (χ2n) is 6.64. The highest BCUT2D eigenvalue weighted by molar-refractivity contribution is 7.88. The molecule has 2 aromatic carbocycles. The first-order valence-corrected chi connectivity index (χ1v) is 10.7. The number of rotatable bonds is 4. The molecule has 1 atom stereocenters. The highest BCUT2D eigenvalue weighted by Gasteiger charge is 2.27. The average molecular weight is 394 g/mol.